The number of rotatable bonds is 10. The molecule has 0 unspecified atom stereocenters. The van der Waals surface area contributed by atoms with E-state index in [9.17, 15) is 0 Å². The summed E-state index contributed by atoms with van der Waals surface area (Å²) in [5, 5.41) is 7.33. The Kier molecular flexibility index (Phi) is 10.4. The highest BCUT2D eigenvalue weighted by Gasteiger charge is 2.47. The third kappa shape index (κ3) is 6.60. The highest BCUT2D eigenvalue weighted by molar-refractivity contribution is 6.28. The van der Waals surface area contributed by atoms with Gasteiger partial charge in [0.05, 0.1) is 22.2 Å². The Balaban J connectivity index is 0.851. The standard InChI is InChI=1S/C78H52N2/c1-5-21-55(22-6-1)77(69-33-17-13-29-63(69)64-30-14-18-34-70(64)77)57-41-45-61(46-42-57)79(59-25-9-3-10-26-59)73-51-39-53-38-50-68-74(52-40-54-37-49-67(73)75(53)76(54)68)80(60-27-11-4-12-28-60)62-47-43-58(44-48-62)78(56-23-7-2-8-24-56)71-35-19-15-31-65(71)66-32-16-20-36-72(66)78/h1-52H. The van der Waals surface area contributed by atoms with Gasteiger partial charge in [-0.05, 0) is 149 Å². The second kappa shape index (κ2) is 18.2. The Bertz CT molecular complexity index is 4240. The molecule has 0 spiro atoms. The molecule has 16 rings (SSSR count). The van der Waals surface area contributed by atoms with E-state index in [1.54, 1.807) is 0 Å². The minimum atomic E-state index is -0.482. The van der Waals surface area contributed by atoms with Crippen molar-refractivity contribution in [2.75, 3.05) is 9.80 Å². The summed E-state index contributed by atoms with van der Waals surface area (Å²) in [5.74, 6) is 0. The molecule has 2 nitrogen and oxygen atoms in total. The first-order valence-corrected chi connectivity index (χ1v) is 27.8. The van der Waals surface area contributed by atoms with Gasteiger partial charge in [-0.25, -0.2) is 0 Å². The summed E-state index contributed by atoms with van der Waals surface area (Å²) in [6.45, 7) is 0. The molecule has 14 aromatic carbocycles. The summed E-state index contributed by atoms with van der Waals surface area (Å²) in [6, 6.07) is 117. The largest absolute Gasteiger partial charge is 0.310 e. The second-order valence-electron chi connectivity index (χ2n) is 21.4. The van der Waals surface area contributed by atoms with Crippen LogP contribution >= 0.6 is 0 Å². The quantitative estimate of drug-likeness (QED) is 0.126. The van der Waals surface area contributed by atoms with Gasteiger partial charge in [-0.15, -0.1) is 0 Å². The van der Waals surface area contributed by atoms with Crippen molar-refractivity contribution in [3.63, 3.8) is 0 Å². The normalized spacial score (nSPS) is 13.4. The molecular weight excluding hydrogens is 965 g/mol. The van der Waals surface area contributed by atoms with Crippen molar-refractivity contribution in [2.24, 2.45) is 0 Å². The predicted octanol–water partition coefficient (Wildman–Crippen LogP) is 20.2. The smallest absolute Gasteiger partial charge is 0.0713 e. The minimum Gasteiger partial charge on any atom is -0.310 e. The fourth-order valence-electron chi connectivity index (χ4n) is 14.3. The zero-order valence-corrected chi connectivity index (χ0v) is 43.9. The fourth-order valence-corrected chi connectivity index (χ4v) is 14.3. The lowest BCUT2D eigenvalue weighted by atomic mass is 9.68. The van der Waals surface area contributed by atoms with E-state index in [1.165, 1.54) is 99.1 Å². The van der Waals surface area contributed by atoms with E-state index in [0.717, 1.165) is 34.1 Å². The Labute approximate surface area is 466 Å². The predicted molar refractivity (Wildman–Crippen MR) is 334 cm³/mol. The average Bonchev–Trinajstić information content (AvgIpc) is 3.74. The number of anilines is 6. The van der Waals surface area contributed by atoms with E-state index in [-0.39, 0.29) is 0 Å². The van der Waals surface area contributed by atoms with Crippen LogP contribution < -0.4 is 9.80 Å². The molecule has 2 aliphatic carbocycles. The first-order valence-electron chi connectivity index (χ1n) is 27.8. The zero-order valence-electron chi connectivity index (χ0n) is 43.9. The number of para-hydroxylation sites is 2. The van der Waals surface area contributed by atoms with Crippen LogP contribution in [0.1, 0.15) is 44.5 Å². The van der Waals surface area contributed by atoms with Gasteiger partial charge in [0, 0.05) is 33.5 Å². The second-order valence-corrected chi connectivity index (χ2v) is 21.4. The Morgan fingerprint density at radius 1 is 0.200 bits per heavy atom. The number of hydrogen-bond acceptors (Lipinski definition) is 2. The van der Waals surface area contributed by atoms with Crippen molar-refractivity contribution in [2.45, 2.75) is 10.8 Å². The lowest BCUT2D eigenvalue weighted by molar-refractivity contribution is 0.768. The Morgan fingerprint density at radius 3 is 0.800 bits per heavy atom. The van der Waals surface area contributed by atoms with Crippen LogP contribution in [0.2, 0.25) is 0 Å². The number of nitrogens with zero attached hydrogens (tertiary/aromatic N) is 2. The molecule has 0 amide bonds. The summed E-state index contributed by atoms with van der Waals surface area (Å²) >= 11 is 0. The van der Waals surface area contributed by atoms with Crippen LogP contribution in [-0.4, -0.2) is 0 Å². The molecule has 0 saturated carbocycles. The van der Waals surface area contributed by atoms with E-state index in [0.29, 0.717) is 0 Å². The number of benzene rings is 14. The van der Waals surface area contributed by atoms with Crippen LogP contribution in [0.4, 0.5) is 34.1 Å². The van der Waals surface area contributed by atoms with Crippen molar-refractivity contribution in [1.82, 2.24) is 0 Å². The fraction of sp³-hybridized carbons (Fsp3) is 0.0256. The van der Waals surface area contributed by atoms with E-state index >= 15 is 0 Å². The van der Waals surface area contributed by atoms with Crippen LogP contribution in [0.5, 0.6) is 0 Å². The third-order valence-corrected chi connectivity index (χ3v) is 17.6. The summed E-state index contributed by atoms with van der Waals surface area (Å²) in [6.07, 6.45) is 0. The van der Waals surface area contributed by atoms with Gasteiger partial charge in [-0.1, -0.05) is 255 Å². The van der Waals surface area contributed by atoms with E-state index in [1.807, 2.05) is 0 Å². The molecule has 0 saturated heterocycles. The molecular formula is C78H52N2. The van der Waals surface area contributed by atoms with Gasteiger partial charge in [-0.3, -0.25) is 0 Å². The maximum atomic E-state index is 2.45. The number of fused-ring (bicyclic) bond motifs is 6. The summed E-state index contributed by atoms with van der Waals surface area (Å²) < 4.78 is 0. The maximum absolute atomic E-state index is 2.45. The Hall–Kier alpha value is -10.3. The van der Waals surface area contributed by atoms with E-state index in [4.69, 9.17) is 0 Å². The van der Waals surface area contributed by atoms with Crippen LogP contribution in [0.15, 0.2) is 315 Å². The van der Waals surface area contributed by atoms with Crippen molar-refractivity contribution in [3.8, 4) is 22.3 Å². The molecule has 0 fully saturated rings. The van der Waals surface area contributed by atoms with E-state index < -0.39 is 10.8 Å². The van der Waals surface area contributed by atoms with Crippen LogP contribution in [0.25, 0.3) is 54.6 Å². The monoisotopic (exact) mass is 1020 g/mol. The topological polar surface area (TPSA) is 6.48 Å². The Morgan fingerprint density at radius 2 is 0.463 bits per heavy atom. The molecule has 0 atom stereocenters. The average molecular weight is 1020 g/mol. The molecule has 0 aromatic heterocycles. The molecule has 14 aromatic rings. The van der Waals surface area contributed by atoms with E-state index in [2.05, 4.69) is 325 Å². The lowest BCUT2D eigenvalue weighted by Crippen LogP contribution is -2.28. The molecule has 0 radical (unpaired) electrons. The first-order chi connectivity index (χ1) is 39.7. The van der Waals surface area contributed by atoms with Crippen molar-refractivity contribution in [1.29, 1.82) is 0 Å². The van der Waals surface area contributed by atoms with Gasteiger partial charge in [-0.2, -0.15) is 0 Å². The highest BCUT2D eigenvalue weighted by Crippen LogP contribution is 2.58. The van der Waals surface area contributed by atoms with Gasteiger partial charge < -0.3 is 9.80 Å². The van der Waals surface area contributed by atoms with Gasteiger partial charge in [0.25, 0.3) is 0 Å². The van der Waals surface area contributed by atoms with Crippen molar-refractivity contribution < 1.29 is 0 Å². The van der Waals surface area contributed by atoms with Crippen LogP contribution in [-0.2, 0) is 10.8 Å². The molecule has 80 heavy (non-hydrogen) atoms. The number of hydrogen-bond donors (Lipinski definition) is 0. The summed E-state index contributed by atoms with van der Waals surface area (Å²) in [5.41, 5.74) is 21.1. The van der Waals surface area contributed by atoms with Crippen molar-refractivity contribution >= 4 is 66.4 Å². The van der Waals surface area contributed by atoms with Crippen molar-refractivity contribution in [3.05, 3.63) is 360 Å². The maximum Gasteiger partial charge on any atom is 0.0713 e. The molecule has 0 aliphatic heterocycles. The lowest BCUT2D eigenvalue weighted by Gasteiger charge is -2.34. The van der Waals surface area contributed by atoms with Gasteiger partial charge in [0.15, 0.2) is 0 Å². The first kappa shape index (κ1) is 45.9. The van der Waals surface area contributed by atoms with Crippen LogP contribution in [0.3, 0.4) is 0 Å². The molecule has 0 bridgehead atoms. The molecule has 374 valence electrons. The summed E-state index contributed by atoms with van der Waals surface area (Å²) in [4.78, 5) is 4.90. The molecule has 0 heterocycles. The molecule has 0 N–H and O–H groups in total. The highest BCUT2D eigenvalue weighted by atomic mass is 15.1. The molecule has 2 heteroatoms. The van der Waals surface area contributed by atoms with Gasteiger partial charge in [0.2, 0.25) is 0 Å². The van der Waals surface area contributed by atoms with Gasteiger partial charge in [0.1, 0.15) is 0 Å². The minimum absolute atomic E-state index is 0.482. The SMILES string of the molecule is c1ccc(N(c2ccc(C3(c4ccccc4)c4ccccc4-c4ccccc43)cc2)c2ccc3ccc4c(N(c5ccccc5)c5ccc(C6(c7ccccc7)c7ccccc7-c7ccccc76)cc5)ccc5ccc2c3c54)cc1. The summed E-state index contributed by atoms with van der Waals surface area (Å²) in [7, 11) is 0. The molecule has 2 aliphatic rings. The zero-order chi connectivity index (χ0) is 52.8. The van der Waals surface area contributed by atoms with Crippen LogP contribution in [0, 0.1) is 0 Å². The van der Waals surface area contributed by atoms with Gasteiger partial charge >= 0.3 is 0 Å². The third-order valence-electron chi connectivity index (χ3n) is 17.6.